The molecule has 0 aliphatic rings. The van der Waals surface area contributed by atoms with E-state index >= 15 is 0 Å². The predicted octanol–water partition coefficient (Wildman–Crippen LogP) is 3.02. The van der Waals surface area contributed by atoms with E-state index in [0.29, 0.717) is 6.42 Å². The fraction of sp³-hybridized carbons (Fsp3) is 0.417. The van der Waals surface area contributed by atoms with Crippen molar-refractivity contribution in [1.82, 2.24) is 0 Å². The van der Waals surface area contributed by atoms with Crippen LogP contribution in [0.2, 0.25) is 0 Å². The van der Waals surface area contributed by atoms with E-state index in [-0.39, 0.29) is 5.78 Å². The monoisotopic (exact) mass is 194 g/mol. The zero-order chi connectivity index (χ0) is 10.8. The Morgan fingerprint density at radius 3 is 2.57 bits per heavy atom. The maximum atomic E-state index is 10.8. The van der Waals surface area contributed by atoms with E-state index in [1.165, 1.54) is 0 Å². The lowest BCUT2D eigenvalue weighted by Crippen LogP contribution is -1.90. The first-order valence-electron chi connectivity index (χ1n) is 4.71. The zero-order valence-corrected chi connectivity index (χ0v) is 9.12. The van der Waals surface area contributed by atoms with Crippen molar-refractivity contribution in [3.05, 3.63) is 36.1 Å². The molecule has 0 radical (unpaired) electrons. The van der Waals surface area contributed by atoms with E-state index in [4.69, 9.17) is 4.74 Å². The highest BCUT2D eigenvalue weighted by Crippen LogP contribution is 2.07. The first-order valence-corrected chi connectivity index (χ1v) is 4.71. The Labute approximate surface area is 86.0 Å². The molecule has 14 heavy (non-hydrogen) atoms. The molecule has 0 aromatic rings. The number of hydrogen-bond donors (Lipinski definition) is 0. The normalized spacial score (nSPS) is 12.6. The van der Waals surface area contributed by atoms with Crippen molar-refractivity contribution in [1.29, 1.82) is 0 Å². The van der Waals surface area contributed by atoms with Crippen LogP contribution in [-0.4, -0.2) is 12.9 Å². The Hall–Kier alpha value is -1.31. The van der Waals surface area contributed by atoms with Crippen LogP contribution in [0, 0.1) is 0 Å². The third-order valence-corrected chi connectivity index (χ3v) is 1.69. The number of rotatable bonds is 6. The SMILES string of the molecule is C\C=C/C=C(\C=C\OC)CCC(C)=O. The quantitative estimate of drug-likeness (QED) is 0.480. The lowest BCUT2D eigenvalue weighted by atomic mass is 10.1. The number of allylic oxidation sites excluding steroid dienone is 5. The maximum Gasteiger partial charge on any atom is 0.130 e. The van der Waals surface area contributed by atoms with Gasteiger partial charge in [0, 0.05) is 6.42 Å². The van der Waals surface area contributed by atoms with Crippen LogP contribution in [0.3, 0.4) is 0 Å². The first kappa shape index (κ1) is 12.7. The van der Waals surface area contributed by atoms with Crippen LogP contribution >= 0.6 is 0 Å². The van der Waals surface area contributed by atoms with E-state index in [1.54, 1.807) is 20.3 Å². The van der Waals surface area contributed by atoms with Gasteiger partial charge in [0.05, 0.1) is 13.4 Å². The number of hydrogen-bond acceptors (Lipinski definition) is 2. The largest absolute Gasteiger partial charge is 0.504 e. The van der Waals surface area contributed by atoms with Gasteiger partial charge in [-0.3, -0.25) is 0 Å². The van der Waals surface area contributed by atoms with Crippen molar-refractivity contribution in [3.8, 4) is 0 Å². The molecule has 0 aromatic heterocycles. The standard InChI is InChI=1S/C12H18O2/c1-4-5-6-12(9-10-14-3)8-7-11(2)13/h4-6,9-10H,7-8H2,1-3H3/b5-4-,10-9+,12-6-. The molecule has 0 unspecified atom stereocenters. The van der Waals surface area contributed by atoms with E-state index in [2.05, 4.69) is 0 Å². The zero-order valence-electron chi connectivity index (χ0n) is 9.12. The topological polar surface area (TPSA) is 26.3 Å². The van der Waals surface area contributed by atoms with Gasteiger partial charge in [0.15, 0.2) is 0 Å². The van der Waals surface area contributed by atoms with Gasteiger partial charge < -0.3 is 9.53 Å². The molecule has 0 N–H and O–H groups in total. The second-order valence-electron chi connectivity index (χ2n) is 3.01. The van der Waals surface area contributed by atoms with Crippen LogP contribution in [0.25, 0.3) is 0 Å². The highest BCUT2D eigenvalue weighted by molar-refractivity contribution is 5.75. The summed E-state index contributed by atoms with van der Waals surface area (Å²) < 4.78 is 4.83. The lowest BCUT2D eigenvalue weighted by molar-refractivity contribution is -0.116. The molecule has 0 rings (SSSR count). The molecule has 78 valence electrons. The lowest BCUT2D eigenvalue weighted by Gasteiger charge is -1.98. The average Bonchev–Trinajstić information content (AvgIpc) is 2.16. The molecule has 2 nitrogen and oxygen atoms in total. The average molecular weight is 194 g/mol. The van der Waals surface area contributed by atoms with Crippen molar-refractivity contribution >= 4 is 5.78 Å². The van der Waals surface area contributed by atoms with Gasteiger partial charge in [0.2, 0.25) is 0 Å². The van der Waals surface area contributed by atoms with Crippen LogP contribution < -0.4 is 0 Å². The second kappa shape index (κ2) is 8.30. The molecular weight excluding hydrogens is 176 g/mol. The van der Waals surface area contributed by atoms with Gasteiger partial charge in [-0.1, -0.05) is 18.2 Å². The van der Waals surface area contributed by atoms with E-state index in [0.717, 1.165) is 12.0 Å². The highest BCUT2D eigenvalue weighted by Gasteiger charge is 1.95. The molecule has 0 atom stereocenters. The van der Waals surface area contributed by atoms with Gasteiger partial charge in [-0.2, -0.15) is 0 Å². The van der Waals surface area contributed by atoms with Crippen LogP contribution in [-0.2, 0) is 9.53 Å². The van der Waals surface area contributed by atoms with Crippen molar-refractivity contribution in [3.63, 3.8) is 0 Å². The highest BCUT2D eigenvalue weighted by atomic mass is 16.5. The van der Waals surface area contributed by atoms with Gasteiger partial charge >= 0.3 is 0 Å². The summed E-state index contributed by atoms with van der Waals surface area (Å²) in [6.45, 7) is 3.56. The van der Waals surface area contributed by atoms with E-state index in [1.807, 2.05) is 31.2 Å². The summed E-state index contributed by atoms with van der Waals surface area (Å²) in [7, 11) is 1.61. The van der Waals surface area contributed by atoms with Gasteiger partial charge in [-0.05, 0) is 31.9 Å². The van der Waals surface area contributed by atoms with Crippen molar-refractivity contribution < 1.29 is 9.53 Å². The van der Waals surface area contributed by atoms with Crippen molar-refractivity contribution in [2.75, 3.05) is 7.11 Å². The molecule has 0 saturated heterocycles. The van der Waals surface area contributed by atoms with Crippen LogP contribution in [0.5, 0.6) is 0 Å². The predicted molar refractivity (Wildman–Crippen MR) is 59.0 cm³/mol. The van der Waals surface area contributed by atoms with Crippen molar-refractivity contribution in [2.24, 2.45) is 0 Å². The van der Waals surface area contributed by atoms with Crippen LogP contribution in [0.4, 0.5) is 0 Å². The third kappa shape index (κ3) is 7.35. The molecule has 2 heteroatoms. The van der Waals surface area contributed by atoms with Gasteiger partial charge in [0.1, 0.15) is 5.78 Å². The summed E-state index contributed by atoms with van der Waals surface area (Å²) in [6.07, 6.45) is 10.7. The van der Waals surface area contributed by atoms with Crippen molar-refractivity contribution in [2.45, 2.75) is 26.7 Å². The molecule has 0 fully saturated rings. The Balaban J connectivity index is 4.24. The van der Waals surface area contributed by atoms with Crippen LogP contribution in [0.1, 0.15) is 26.7 Å². The Bertz CT molecular complexity index is 247. The van der Waals surface area contributed by atoms with E-state index < -0.39 is 0 Å². The molecule has 0 heterocycles. The third-order valence-electron chi connectivity index (χ3n) is 1.69. The van der Waals surface area contributed by atoms with Gasteiger partial charge in [-0.25, -0.2) is 0 Å². The molecule has 0 bridgehead atoms. The fourth-order valence-corrected chi connectivity index (χ4v) is 0.918. The summed E-state index contributed by atoms with van der Waals surface area (Å²) in [6, 6.07) is 0. The maximum absolute atomic E-state index is 10.8. The summed E-state index contributed by atoms with van der Waals surface area (Å²) in [5, 5.41) is 0. The molecular formula is C12H18O2. The minimum atomic E-state index is 0.210. The number of carbonyl (C=O) groups excluding carboxylic acids is 1. The summed E-state index contributed by atoms with van der Waals surface area (Å²) in [4.78, 5) is 10.8. The first-order chi connectivity index (χ1) is 6.70. The molecule has 0 saturated carbocycles. The van der Waals surface area contributed by atoms with Gasteiger partial charge in [-0.15, -0.1) is 0 Å². The number of ketones is 1. The Kier molecular flexibility index (Phi) is 7.52. The minimum Gasteiger partial charge on any atom is -0.504 e. The van der Waals surface area contributed by atoms with Gasteiger partial charge in [0.25, 0.3) is 0 Å². The number of ether oxygens (including phenoxy) is 1. The van der Waals surface area contributed by atoms with E-state index in [9.17, 15) is 4.79 Å². The number of Topliss-reactive ketones (excluding diaryl/α,β-unsaturated/α-hetero) is 1. The van der Waals surface area contributed by atoms with Crippen LogP contribution in [0.15, 0.2) is 36.1 Å². The molecule has 0 aliphatic carbocycles. The minimum absolute atomic E-state index is 0.210. The molecule has 0 amide bonds. The Morgan fingerprint density at radius 1 is 1.36 bits per heavy atom. The fourth-order valence-electron chi connectivity index (χ4n) is 0.918. The number of methoxy groups -OCH3 is 1. The summed E-state index contributed by atoms with van der Waals surface area (Å²) in [5.74, 6) is 0.210. The smallest absolute Gasteiger partial charge is 0.130 e. The number of carbonyl (C=O) groups is 1. The summed E-state index contributed by atoms with van der Waals surface area (Å²) >= 11 is 0. The second-order valence-corrected chi connectivity index (χ2v) is 3.01. The summed E-state index contributed by atoms with van der Waals surface area (Å²) in [5.41, 5.74) is 1.10. The molecule has 0 aromatic carbocycles. The molecule has 0 aliphatic heterocycles. The molecule has 0 spiro atoms. The Morgan fingerprint density at radius 2 is 2.07 bits per heavy atom.